The van der Waals surface area contributed by atoms with E-state index >= 15 is 0 Å². The molecule has 2 fully saturated rings. The van der Waals surface area contributed by atoms with Crippen molar-refractivity contribution in [1.82, 2.24) is 5.32 Å². The Hall–Kier alpha value is -1.36. The summed E-state index contributed by atoms with van der Waals surface area (Å²) < 4.78 is 6.69. The van der Waals surface area contributed by atoms with Gasteiger partial charge in [0.2, 0.25) is 0 Å². The molecule has 142 valence electrons. The number of rotatable bonds is 4. The Bertz CT molecular complexity index is 603. The molecule has 0 spiro atoms. The second-order valence-corrected chi connectivity index (χ2v) is 8.40. The van der Waals surface area contributed by atoms with Gasteiger partial charge in [-0.05, 0) is 43.4 Å². The molecule has 2 aliphatic carbocycles. The number of amidine groups is 1. The quantitative estimate of drug-likeness (QED) is 0.416. The van der Waals surface area contributed by atoms with Crippen molar-refractivity contribution >= 4 is 27.9 Å². The first-order valence-corrected chi connectivity index (χ1v) is 10.8. The minimum atomic E-state index is -0.245. The normalized spacial score (nSPS) is 20.0. The Morgan fingerprint density at radius 2 is 1.62 bits per heavy atom. The maximum atomic E-state index is 12.4. The molecule has 5 heteroatoms. The number of ether oxygens (including phenoxy) is 1. The van der Waals surface area contributed by atoms with E-state index in [4.69, 9.17) is 9.73 Å². The van der Waals surface area contributed by atoms with Crippen LogP contribution in [0.4, 0.5) is 0 Å². The van der Waals surface area contributed by atoms with Gasteiger partial charge in [-0.15, -0.1) is 0 Å². The standard InChI is InChI=1S/C21H29BrN2O2/c22-17-13-11-16(12-14-17)15-20(25)26-21(23-18-7-3-1-4-8-18)24-19-9-5-2-6-10-19/h11-14,18-19H,1-10,15H2,(H,23,24). The van der Waals surface area contributed by atoms with Crippen LogP contribution in [0.3, 0.4) is 0 Å². The summed E-state index contributed by atoms with van der Waals surface area (Å²) >= 11 is 3.42. The van der Waals surface area contributed by atoms with Crippen molar-refractivity contribution in [2.75, 3.05) is 0 Å². The maximum absolute atomic E-state index is 12.4. The molecule has 0 bridgehead atoms. The summed E-state index contributed by atoms with van der Waals surface area (Å²) in [6, 6.07) is 8.89. The van der Waals surface area contributed by atoms with Crippen molar-refractivity contribution in [2.45, 2.75) is 82.7 Å². The van der Waals surface area contributed by atoms with Crippen LogP contribution in [0.1, 0.15) is 69.8 Å². The first-order valence-electron chi connectivity index (χ1n) is 9.98. The van der Waals surface area contributed by atoms with Gasteiger partial charge in [-0.25, -0.2) is 4.99 Å². The van der Waals surface area contributed by atoms with Gasteiger partial charge < -0.3 is 10.1 Å². The topological polar surface area (TPSA) is 50.7 Å². The molecule has 4 nitrogen and oxygen atoms in total. The predicted molar refractivity (Wildman–Crippen MR) is 108 cm³/mol. The highest BCUT2D eigenvalue weighted by Gasteiger charge is 2.20. The van der Waals surface area contributed by atoms with Crippen LogP contribution in [-0.2, 0) is 16.0 Å². The van der Waals surface area contributed by atoms with Crippen molar-refractivity contribution < 1.29 is 9.53 Å². The second kappa shape index (κ2) is 10.1. The summed E-state index contributed by atoms with van der Waals surface area (Å²) in [6.45, 7) is 0. The average molecular weight is 421 g/mol. The number of nitrogens with one attached hydrogen (secondary N) is 1. The molecule has 2 saturated carbocycles. The molecule has 1 aromatic rings. The van der Waals surface area contributed by atoms with Crippen LogP contribution < -0.4 is 5.32 Å². The number of hydrogen-bond acceptors (Lipinski definition) is 3. The van der Waals surface area contributed by atoms with Crippen molar-refractivity contribution in [3.05, 3.63) is 34.3 Å². The summed E-state index contributed by atoms with van der Waals surface area (Å²) in [6.07, 6.45) is 12.2. The number of halogens is 1. The van der Waals surface area contributed by atoms with Crippen LogP contribution in [0.15, 0.2) is 33.7 Å². The molecule has 0 atom stereocenters. The van der Waals surface area contributed by atoms with Gasteiger partial charge in [-0.1, -0.05) is 66.6 Å². The molecule has 0 amide bonds. The van der Waals surface area contributed by atoms with E-state index in [1.165, 1.54) is 38.5 Å². The third-order valence-electron chi connectivity index (χ3n) is 5.28. The Balaban J connectivity index is 1.62. The van der Waals surface area contributed by atoms with Gasteiger partial charge in [0.25, 0.3) is 6.02 Å². The van der Waals surface area contributed by atoms with E-state index in [0.717, 1.165) is 35.7 Å². The second-order valence-electron chi connectivity index (χ2n) is 7.48. The van der Waals surface area contributed by atoms with Gasteiger partial charge in [0.15, 0.2) is 0 Å². The molecule has 0 saturated heterocycles. The van der Waals surface area contributed by atoms with Crippen LogP contribution in [0, 0.1) is 0 Å². The van der Waals surface area contributed by atoms with E-state index in [2.05, 4.69) is 21.2 Å². The van der Waals surface area contributed by atoms with E-state index in [9.17, 15) is 4.79 Å². The van der Waals surface area contributed by atoms with Gasteiger partial charge in [0, 0.05) is 10.5 Å². The number of aliphatic imine (C=N–C) groups is 1. The molecular formula is C21H29BrN2O2. The molecule has 0 heterocycles. The Labute approximate surface area is 164 Å². The first kappa shape index (κ1) is 19.4. The lowest BCUT2D eigenvalue weighted by molar-refractivity contribution is -0.135. The molecule has 1 aromatic carbocycles. The SMILES string of the molecule is O=C(Cc1ccc(Br)cc1)OC(=NC1CCCCC1)NC1CCCCC1. The Kier molecular flexibility index (Phi) is 7.54. The molecule has 1 N–H and O–H groups in total. The lowest BCUT2D eigenvalue weighted by Gasteiger charge is -2.25. The van der Waals surface area contributed by atoms with Crippen LogP contribution in [0.25, 0.3) is 0 Å². The summed E-state index contributed by atoms with van der Waals surface area (Å²) in [5.41, 5.74) is 0.952. The van der Waals surface area contributed by atoms with Crippen molar-refractivity contribution in [1.29, 1.82) is 0 Å². The maximum Gasteiger partial charge on any atom is 0.318 e. The van der Waals surface area contributed by atoms with E-state index in [0.29, 0.717) is 12.1 Å². The van der Waals surface area contributed by atoms with Crippen molar-refractivity contribution in [3.63, 3.8) is 0 Å². The number of carbonyl (C=O) groups is 1. The summed E-state index contributed by atoms with van der Waals surface area (Å²) in [5.74, 6) is -0.245. The summed E-state index contributed by atoms with van der Waals surface area (Å²) in [5, 5.41) is 3.43. The van der Waals surface area contributed by atoms with E-state index in [-0.39, 0.29) is 18.4 Å². The number of hydrogen-bond donors (Lipinski definition) is 1. The highest BCUT2D eigenvalue weighted by Crippen LogP contribution is 2.21. The van der Waals surface area contributed by atoms with Gasteiger partial charge in [0.05, 0.1) is 12.5 Å². The molecule has 26 heavy (non-hydrogen) atoms. The monoisotopic (exact) mass is 420 g/mol. The average Bonchev–Trinajstić information content (AvgIpc) is 2.65. The van der Waals surface area contributed by atoms with Crippen molar-refractivity contribution in [2.24, 2.45) is 4.99 Å². The molecule has 3 rings (SSSR count). The lowest BCUT2D eigenvalue weighted by Crippen LogP contribution is -2.39. The van der Waals surface area contributed by atoms with Crippen molar-refractivity contribution in [3.8, 4) is 0 Å². The number of esters is 1. The minimum Gasteiger partial charge on any atom is -0.392 e. The molecule has 0 aromatic heterocycles. The highest BCUT2D eigenvalue weighted by molar-refractivity contribution is 9.10. The third-order valence-corrected chi connectivity index (χ3v) is 5.81. The van der Waals surface area contributed by atoms with Crippen LogP contribution >= 0.6 is 15.9 Å². The van der Waals surface area contributed by atoms with Crippen LogP contribution in [-0.4, -0.2) is 24.1 Å². The highest BCUT2D eigenvalue weighted by atomic mass is 79.9. The molecule has 0 aliphatic heterocycles. The zero-order valence-corrected chi connectivity index (χ0v) is 17.0. The smallest absolute Gasteiger partial charge is 0.318 e. The first-order chi connectivity index (χ1) is 12.7. The lowest BCUT2D eigenvalue weighted by atomic mass is 9.95. The van der Waals surface area contributed by atoms with E-state index < -0.39 is 0 Å². The largest absolute Gasteiger partial charge is 0.392 e. The fourth-order valence-corrected chi connectivity index (χ4v) is 4.07. The van der Waals surface area contributed by atoms with Crippen LogP contribution in [0.2, 0.25) is 0 Å². The minimum absolute atomic E-state index is 0.245. The summed E-state index contributed by atoms with van der Waals surface area (Å²) in [4.78, 5) is 17.2. The zero-order chi connectivity index (χ0) is 18.2. The predicted octanol–water partition coefficient (Wildman–Crippen LogP) is 5.15. The fraction of sp³-hybridized carbons (Fsp3) is 0.619. The number of nitrogens with zero attached hydrogens (tertiary/aromatic N) is 1. The van der Waals surface area contributed by atoms with Gasteiger partial charge in [-0.2, -0.15) is 0 Å². The van der Waals surface area contributed by atoms with Gasteiger partial charge in [0.1, 0.15) is 0 Å². The third kappa shape index (κ3) is 6.42. The van der Waals surface area contributed by atoms with Crippen LogP contribution in [0.5, 0.6) is 0 Å². The molecule has 0 radical (unpaired) electrons. The van der Waals surface area contributed by atoms with Gasteiger partial charge in [-0.3, -0.25) is 4.79 Å². The van der Waals surface area contributed by atoms with Gasteiger partial charge >= 0.3 is 5.97 Å². The Morgan fingerprint density at radius 3 is 2.27 bits per heavy atom. The number of benzene rings is 1. The Morgan fingerprint density at radius 1 is 1.00 bits per heavy atom. The molecular weight excluding hydrogens is 392 g/mol. The molecule has 2 aliphatic rings. The summed E-state index contributed by atoms with van der Waals surface area (Å²) in [7, 11) is 0. The fourth-order valence-electron chi connectivity index (χ4n) is 3.80. The van der Waals surface area contributed by atoms with E-state index in [1.54, 1.807) is 0 Å². The van der Waals surface area contributed by atoms with E-state index in [1.807, 2.05) is 24.3 Å². The molecule has 0 unspecified atom stereocenters. The zero-order valence-electron chi connectivity index (χ0n) is 15.4. The number of carbonyl (C=O) groups excluding carboxylic acids is 1.